The van der Waals surface area contributed by atoms with Crippen molar-refractivity contribution >= 4 is 21.8 Å². The van der Waals surface area contributed by atoms with Crippen LogP contribution in [0.25, 0.3) is 0 Å². The Bertz CT molecular complexity index is 1290. The molecule has 1 unspecified atom stereocenters. The molecule has 0 spiro atoms. The van der Waals surface area contributed by atoms with Crippen molar-refractivity contribution in [3.05, 3.63) is 65.4 Å². The minimum absolute atomic E-state index is 0.139. The number of rotatable bonds is 7. The Hall–Kier alpha value is -3.47. The number of hydrogen-bond acceptors (Lipinski definition) is 7. The zero-order valence-electron chi connectivity index (χ0n) is 17.8. The maximum atomic E-state index is 12.9. The van der Waals surface area contributed by atoms with Crippen molar-refractivity contribution in [3.63, 3.8) is 0 Å². The van der Waals surface area contributed by atoms with Gasteiger partial charge in [0.15, 0.2) is 5.89 Å². The normalized spacial score (nSPS) is 14.7. The zero-order valence-corrected chi connectivity index (χ0v) is 18.6. The second-order valence-electron chi connectivity index (χ2n) is 7.84. The zero-order chi connectivity index (χ0) is 23.0. The van der Waals surface area contributed by atoms with Crippen molar-refractivity contribution < 1.29 is 22.4 Å². The van der Waals surface area contributed by atoms with Gasteiger partial charge in [-0.25, -0.2) is 23.1 Å². The van der Waals surface area contributed by atoms with Crippen LogP contribution in [0.4, 0.5) is 0 Å². The topological polar surface area (TPSA) is 136 Å². The van der Waals surface area contributed by atoms with Crippen molar-refractivity contribution in [3.8, 4) is 0 Å². The standard InChI is InChI=1S/C21H23N5O5S/c1-12-4-5-15(19(27)24-13(2)18-22-8-9-26(18)3)10-17(12)32(29,30)25-20(28)16-11-23-21(31-16)14-6-7-14/h4-5,8-11,13-14H,6-7H2,1-3H3,(H,24,27)(H,25,28). The lowest BCUT2D eigenvalue weighted by molar-refractivity contribution is 0.0934. The van der Waals surface area contributed by atoms with Gasteiger partial charge in [0.2, 0.25) is 5.76 Å². The molecule has 3 aromatic rings. The number of benzene rings is 1. The third-order valence-electron chi connectivity index (χ3n) is 5.23. The maximum absolute atomic E-state index is 12.9. The fourth-order valence-corrected chi connectivity index (χ4v) is 4.54. The molecule has 1 aliphatic rings. The van der Waals surface area contributed by atoms with E-state index in [1.807, 2.05) is 11.8 Å². The lowest BCUT2D eigenvalue weighted by atomic mass is 10.1. The van der Waals surface area contributed by atoms with E-state index in [0.717, 1.165) is 12.8 Å². The van der Waals surface area contributed by atoms with E-state index in [2.05, 4.69) is 15.3 Å². The van der Waals surface area contributed by atoms with Crippen LogP contribution in [0.2, 0.25) is 0 Å². The van der Waals surface area contributed by atoms with Crippen LogP contribution >= 0.6 is 0 Å². The SMILES string of the molecule is Cc1ccc(C(=O)NC(C)c2nccn2C)cc1S(=O)(=O)NC(=O)c1cnc(C2CC2)o1. The van der Waals surface area contributed by atoms with E-state index in [4.69, 9.17) is 4.42 Å². The quantitative estimate of drug-likeness (QED) is 0.555. The summed E-state index contributed by atoms with van der Waals surface area (Å²) in [5.41, 5.74) is 0.524. The lowest BCUT2D eigenvalue weighted by Crippen LogP contribution is -2.32. The van der Waals surface area contributed by atoms with Gasteiger partial charge in [-0.05, 0) is 44.4 Å². The van der Waals surface area contributed by atoms with Gasteiger partial charge in [-0.15, -0.1) is 0 Å². The van der Waals surface area contributed by atoms with Crippen LogP contribution in [0.5, 0.6) is 0 Å². The Balaban J connectivity index is 1.52. The highest BCUT2D eigenvalue weighted by Crippen LogP contribution is 2.39. The first kappa shape index (κ1) is 21.8. The summed E-state index contributed by atoms with van der Waals surface area (Å²) in [5, 5.41) is 2.80. The number of sulfonamides is 1. The summed E-state index contributed by atoms with van der Waals surface area (Å²) in [4.78, 5) is 33.2. The number of imidazole rings is 1. The number of hydrogen-bond donors (Lipinski definition) is 2. The van der Waals surface area contributed by atoms with Crippen molar-refractivity contribution in [1.82, 2.24) is 24.6 Å². The van der Waals surface area contributed by atoms with Gasteiger partial charge in [0.25, 0.3) is 15.9 Å². The highest BCUT2D eigenvalue weighted by atomic mass is 32.2. The van der Waals surface area contributed by atoms with Gasteiger partial charge < -0.3 is 14.3 Å². The van der Waals surface area contributed by atoms with E-state index in [1.165, 1.54) is 24.4 Å². The predicted molar refractivity (Wildman–Crippen MR) is 113 cm³/mol. The monoisotopic (exact) mass is 457 g/mol. The summed E-state index contributed by atoms with van der Waals surface area (Å²) in [6.07, 6.45) is 6.48. The van der Waals surface area contributed by atoms with Crippen LogP contribution in [0.3, 0.4) is 0 Å². The van der Waals surface area contributed by atoms with Crippen LogP contribution in [0.15, 0.2) is 46.1 Å². The number of aromatic nitrogens is 3. The highest BCUT2D eigenvalue weighted by molar-refractivity contribution is 7.90. The smallest absolute Gasteiger partial charge is 0.302 e. The molecule has 0 radical (unpaired) electrons. The molecule has 1 aromatic carbocycles. The van der Waals surface area contributed by atoms with Crippen molar-refractivity contribution in [2.45, 2.75) is 43.5 Å². The molecule has 32 heavy (non-hydrogen) atoms. The van der Waals surface area contributed by atoms with Crippen molar-refractivity contribution in [2.75, 3.05) is 0 Å². The first-order valence-corrected chi connectivity index (χ1v) is 11.6. The van der Waals surface area contributed by atoms with Crippen LogP contribution in [0.1, 0.15) is 69.9 Å². The Labute approximate surface area is 185 Å². The number of oxazole rings is 1. The highest BCUT2D eigenvalue weighted by Gasteiger charge is 2.30. The number of aryl methyl sites for hydroxylation is 2. The fourth-order valence-electron chi connectivity index (χ4n) is 3.31. The second kappa shape index (κ2) is 8.23. The van der Waals surface area contributed by atoms with E-state index in [0.29, 0.717) is 17.3 Å². The summed E-state index contributed by atoms with van der Waals surface area (Å²) in [5.74, 6) is -0.272. The molecule has 2 amide bonds. The molecule has 4 rings (SSSR count). The molecule has 0 saturated heterocycles. The molecule has 0 bridgehead atoms. The van der Waals surface area contributed by atoms with E-state index in [9.17, 15) is 18.0 Å². The van der Waals surface area contributed by atoms with E-state index < -0.39 is 27.9 Å². The van der Waals surface area contributed by atoms with Gasteiger partial charge in [-0.3, -0.25) is 9.59 Å². The Morgan fingerprint density at radius 1 is 1.22 bits per heavy atom. The molecule has 1 saturated carbocycles. The minimum Gasteiger partial charge on any atom is -0.435 e. The number of carbonyl (C=O) groups excluding carboxylic acids is 2. The molecule has 1 fully saturated rings. The number of amides is 2. The Morgan fingerprint density at radius 2 is 1.97 bits per heavy atom. The third-order valence-corrected chi connectivity index (χ3v) is 6.71. The summed E-state index contributed by atoms with van der Waals surface area (Å²) >= 11 is 0. The molecule has 168 valence electrons. The molecular weight excluding hydrogens is 434 g/mol. The van der Waals surface area contributed by atoms with Crippen molar-refractivity contribution in [1.29, 1.82) is 0 Å². The molecule has 10 nitrogen and oxygen atoms in total. The molecule has 0 aliphatic heterocycles. The molecule has 11 heteroatoms. The van der Waals surface area contributed by atoms with Gasteiger partial charge in [-0.2, -0.15) is 0 Å². The second-order valence-corrected chi connectivity index (χ2v) is 9.49. The van der Waals surface area contributed by atoms with Crippen LogP contribution in [-0.2, 0) is 17.1 Å². The Morgan fingerprint density at radius 3 is 2.62 bits per heavy atom. The average molecular weight is 458 g/mol. The minimum atomic E-state index is -4.25. The maximum Gasteiger partial charge on any atom is 0.302 e. The van der Waals surface area contributed by atoms with E-state index in [1.54, 1.807) is 30.8 Å². The van der Waals surface area contributed by atoms with Crippen LogP contribution in [-0.4, -0.2) is 34.8 Å². The van der Waals surface area contributed by atoms with Gasteiger partial charge >= 0.3 is 5.91 Å². The molecule has 1 atom stereocenters. The molecule has 2 heterocycles. The fraction of sp³-hybridized carbons (Fsp3) is 0.333. The van der Waals surface area contributed by atoms with Gasteiger partial charge in [0.1, 0.15) is 5.82 Å². The van der Waals surface area contributed by atoms with Crippen molar-refractivity contribution in [2.24, 2.45) is 7.05 Å². The van der Waals surface area contributed by atoms with Crippen LogP contribution in [0, 0.1) is 6.92 Å². The van der Waals surface area contributed by atoms with Gasteiger partial charge in [-0.1, -0.05) is 6.07 Å². The first-order valence-electron chi connectivity index (χ1n) is 10.1. The Kier molecular flexibility index (Phi) is 5.59. The molecule has 1 aliphatic carbocycles. The average Bonchev–Trinajstić information content (AvgIpc) is 3.29. The molecule has 2 aromatic heterocycles. The third kappa shape index (κ3) is 4.42. The van der Waals surface area contributed by atoms with E-state index >= 15 is 0 Å². The number of nitrogens with zero attached hydrogens (tertiary/aromatic N) is 3. The lowest BCUT2D eigenvalue weighted by Gasteiger charge is -2.15. The number of nitrogens with one attached hydrogen (secondary N) is 2. The largest absolute Gasteiger partial charge is 0.435 e. The predicted octanol–water partition coefficient (Wildman–Crippen LogP) is 2.20. The van der Waals surface area contributed by atoms with Gasteiger partial charge in [0.05, 0.1) is 17.1 Å². The first-order chi connectivity index (χ1) is 15.2. The molecule has 2 N–H and O–H groups in total. The van der Waals surface area contributed by atoms with Crippen LogP contribution < -0.4 is 10.0 Å². The summed E-state index contributed by atoms with van der Waals surface area (Å²) in [6, 6.07) is 3.88. The summed E-state index contributed by atoms with van der Waals surface area (Å²) in [7, 11) is -2.44. The van der Waals surface area contributed by atoms with Gasteiger partial charge in [0, 0.05) is 30.9 Å². The summed E-state index contributed by atoms with van der Waals surface area (Å²) in [6.45, 7) is 3.36. The number of carbonyl (C=O) groups is 2. The molecular formula is C21H23N5O5S. The van der Waals surface area contributed by atoms with E-state index in [-0.39, 0.29) is 22.1 Å². The summed E-state index contributed by atoms with van der Waals surface area (Å²) < 4.78 is 34.9.